The molecule has 0 saturated heterocycles. The van der Waals surface area contributed by atoms with Gasteiger partial charge in [-0.05, 0) is 5.56 Å². The zero-order valence-corrected chi connectivity index (χ0v) is 6.40. The van der Waals surface area contributed by atoms with E-state index in [1.807, 2.05) is 6.07 Å². The molecule has 0 radical (unpaired) electrons. The van der Waals surface area contributed by atoms with Crippen LogP contribution in [0.2, 0.25) is 0 Å². The molecule has 4 heteroatoms. The van der Waals surface area contributed by atoms with Crippen molar-refractivity contribution in [2.45, 2.75) is 6.04 Å². The van der Waals surface area contributed by atoms with Crippen LogP contribution in [0.1, 0.15) is 11.6 Å². The summed E-state index contributed by atoms with van der Waals surface area (Å²) in [5.74, 6) is 4.09. The molecule has 4 nitrogen and oxygen atoms in total. The van der Waals surface area contributed by atoms with E-state index in [1.165, 1.54) is 0 Å². The van der Waals surface area contributed by atoms with Gasteiger partial charge in [0.05, 0.1) is 0 Å². The Bertz CT molecular complexity index is 261. The van der Waals surface area contributed by atoms with Gasteiger partial charge in [-0.25, -0.2) is 5.43 Å². The number of hydrogen-bond acceptors (Lipinski definition) is 3. The Morgan fingerprint density at radius 3 is 2.42 bits per heavy atom. The molecular weight excluding hydrogens is 156 g/mol. The number of aliphatic carboxylic acids is 1. The van der Waals surface area contributed by atoms with E-state index in [9.17, 15) is 4.79 Å². The fourth-order valence-corrected chi connectivity index (χ4v) is 0.956. The highest BCUT2D eigenvalue weighted by molar-refractivity contribution is 5.75. The molecule has 0 aliphatic rings. The zero-order valence-electron chi connectivity index (χ0n) is 6.40. The maximum atomic E-state index is 10.6. The fraction of sp³-hybridized carbons (Fsp3) is 0.125. The van der Waals surface area contributed by atoms with Crippen molar-refractivity contribution in [1.29, 1.82) is 0 Å². The number of rotatable bonds is 3. The minimum Gasteiger partial charge on any atom is -0.480 e. The van der Waals surface area contributed by atoms with Gasteiger partial charge in [0, 0.05) is 0 Å². The summed E-state index contributed by atoms with van der Waals surface area (Å²) in [6, 6.07) is 7.94. The topological polar surface area (TPSA) is 75.3 Å². The highest BCUT2D eigenvalue weighted by Crippen LogP contribution is 2.10. The number of nitrogens with two attached hydrogens (primary N) is 1. The molecule has 0 unspecified atom stereocenters. The highest BCUT2D eigenvalue weighted by atomic mass is 16.4. The average Bonchev–Trinajstić information content (AvgIpc) is 2.07. The molecule has 1 rings (SSSR count). The lowest BCUT2D eigenvalue weighted by Gasteiger charge is -2.09. The van der Waals surface area contributed by atoms with Crippen LogP contribution in [0.15, 0.2) is 30.3 Å². The predicted octanol–water partition coefficient (Wildman–Crippen LogP) is 0.276. The van der Waals surface area contributed by atoms with Crippen molar-refractivity contribution in [1.82, 2.24) is 5.43 Å². The van der Waals surface area contributed by atoms with Gasteiger partial charge in [-0.1, -0.05) is 30.3 Å². The summed E-state index contributed by atoms with van der Waals surface area (Å²) in [6.07, 6.45) is 0. The lowest BCUT2D eigenvalue weighted by atomic mass is 10.1. The van der Waals surface area contributed by atoms with Gasteiger partial charge < -0.3 is 5.11 Å². The first-order valence-electron chi connectivity index (χ1n) is 3.49. The van der Waals surface area contributed by atoms with E-state index >= 15 is 0 Å². The monoisotopic (exact) mass is 166 g/mol. The van der Waals surface area contributed by atoms with Crippen LogP contribution in [-0.2, 0) is 4.79 Å². The maximum Gasteiger partial charge on any atom is 0.326 e. The van der Waals surface area contributed by atoms with Gasteiger partial charge in [0.2, 0.25) is 0 Å². The molecule has 64 valence electrons. The second-order valence-electron chi connectivity index (χ2n) is 2.35. The van der Waals surface area contributed by atoms with Crippen molar-refractivity contribution in [2.75, 3.05) is 0 Å². The van der Waals surface area contributed by atoms with Gasteiger partial charge in [-0.2, -0.15) is 0 Å². The van der Waals surface area contributed by atoms with Crippen molar-refractivity contribution in [3.63, 3.8) is 0 Å². The van der Waals surface area contributed by atoms with E-state index in [0.717, 1.165) is 0 Å². The Morgan fingerprint density at radius 1 is 1.42 bits per heavy atom. The van der Waals surface area contributed by atoms with Gasteiger partial charge in [-0.15, -0.1) is 0 Å². The third-order valence-corrected chi connectivity index (χ3v) is 1.55. The lowest BCUT2D eigenvalue weighted by Crippen LogP contribution is -2.33. The Kier molecular flexibility index (Phi) is 2.79. The molecule has 0 aliphatic carbocycles. The molecule has 1 aromatic carbocycles. The van der Waals surface area contributed by atoms with Crippen LogP contribution in [0.3, 0.4) is 0 Å². The molecule has 1 atom stereocenters. The lowest BCUT2D eigenvalue weighted by molar-refractivity contribution is -0.139. The molecule has 0 heterocycles. The first-order valence-corrected chi connectivity index (χ1v) is 3.49. The predicted molar refractivity (Wildman–Crippen MR) is 44.1 cm³/mol. The van der Waals surface area contributed by atoms with E-state index in [1.54, 1.807) is 24.3 Å². The number of nitrogens with one attached hydrogen (secondary N) is 1. The number of carboxylic acids is 1. The van der Waals surface area contributed by atoms with Gasteiger partial charge in [-0.3, -0.25) is 10.6 Å². The minimum atomic E-state index is -0.983. The molecule has 0 amide bonds. The molecule has 4 N–H and O–H groups in total. The van der Waals surface area contributed by atoms with Gasteiger partial charge in [0.1, 0.15) is 6.04 Å². The van der Waals surface area contributed by atoms with Crippen LogP contribution in [0.25, 0.3) is 0 Å². The maximum absolute atomic E-state index is 10.6. The van der Waals surface area contributed by atoms with E-state index in [0.29, 0.717) is 5.56 Å². The Hall–Kier alpha value is -1.39. The zero-order chi connectivity index (χ0) is 8.97. The van der Waals surface area contributed by atoms with E-state index in [2.05, 4.69) is 5.43 Å². The molecule has 0 spiro atoms. The fourth-order valence-electron chi connectivity index (χ4n) is 0.956. The Balaban J connectivity index is 2.88. The molecule has 0 bridgehead atoms. The third kappa shape index (κ3) is 1.81. The summed E-state index contributed by atoms with van der Waals surface area (Å²) < 4.78 is 0. The summed E-state index contributed by atoms with van der Waals surface area (Å²) >= 11 is 0. The average molecular weight is 166 g/mol. The number of hydrazine groups is 1. The van der Waals surface area contributed by atoms with Crippen LogP contribution in [-0.4, -0.2) is 11.1 Å². The van der Waals surface area contributed by atoms with E-state index in [-0.39, 0.29) is 0 Å². The van der Waals surface area contributed by atoms with E-state index < -0.39 is 12.0 Å². The molecule has 1 aromatic rings. The third-order valence-electron chi connectivity index (χ3n) is 1.55. The molecule has 0 aromatic heterocycles. The van der Waals surface area contributed by atoms with Crippen LogP contribution in [0, 0.1) is 0 Å². The van der Waals surface area contributed by atoms with Crippen molar-refractivity contribution >= 4 is 5.97 Å². The summed E-state index contributed by atoms with van der Waals surface area (Å²) in [7, 11) is 0. The minimum absolute atomic E-state index is 0.646. The van der Waals surface area contributed by atoms with Gasteiger partial charge in [0.15, 0.2) is 0 Å². The van der Waals surface area contributed by atoms with Crippen LogP contribution in [0.4, 0.5) is 0 Å². The normalized spacial score (nSPS) is 12.4. The first-order chi connectivity index (χ1) is 5.75. The number of carbonyl (C=O) groups is 1. The summed E-state index contributed by atoms with van der Waals surface area (Å²) in [5.41, 5.74) is 2.86. The quantitative estimate of drug-likeness (QED) is 0.445. The van der Waals surface area contributed by atoms with Crippen molar-refractivity contribution in [2.24, 2.45) is 5.84 Å². The number of carboxylic acid groups (broad SMARTS) is 1. The summed E-state index contributed by atoms with van der Waals surface area (Å²) in [6.45, 7) is 0. The van der Waals surface area contributed by atoms with Crippen LogP contribution >= 0.6 is 0 Å². The second-order valence-corrected chi connectivity index (χ2v) is 2.35. The Labute approximate surface area is 70.0 Å². The molecule has 0 saturated carbocycles. The first kappa shape index (κ1) is 8.70. The van der Waals surface area contributed by atoms with Gasteiger partial charge >= 0.3 is 5.97 Å². The summed E-state index contributed by atoms with van der Waals surface area (Å²) in [4.78, 5) is 10.6. The van der Waals surface area contributed by atoms with Crippen molar-refractivity contribution < 1.29 is 9.90 Å². The van der Waals surface area contributed by atoms with Crippen molar-refractivity contribution in [3.8, 4) is 0 Å². The molecule has 0 aliphatic heterocycles. The van der Waals surface area contributed by atoms with E-state index in [4.69, 9.17) is 10.9 Å². The Morgan fingerprint density at radius 2 is 2.00 bits per heavy atom. The van der Waals surface area contributed by atoms with Gasteiger partial charge in [0.25, 0.3) is 0 Å². The smallest absolute Gasteiger partial charge is 0.326 e. The largest absolute Gasteiger partial charge is 0.480 e. The van der Waals surface area contributed by atoms with Crippen molar-refractivity contribution in [3.05, 3.63) is 35.9 Å². The SMILES string of the molecule is NN[C@@H](C(=O)O)c1ccccc1. The molecule has 12 heavy (non-hydrogen) atoms. The number of hydrogen-bond donors (Lipinski definition) is 3. The standard InChI is InChI=1S/C8H10N2O2/c9-10-7(8(11)12)6-4-2-1-3-5-6/h1-5,7,10H,9H2,(H,11,12)/t7-/m1/s1. The number of benzene rings is 1. The molecule has 0 fully saturated rings. The van der Waals surface area contributed by atoms with Crippen LogP contribution in [0.5, 0.6) is 0 Å². The second kappa shape index (κ2) is 3.85. The summed E-state index contributed by atoms with van der Waals surface area (Å²) in [5, 5.41) is 8.68. The van der Waals surface area contributed by atoms with Crippen LogP contribution < -0.4 is 11.3 Å². The highest BCUT2D eigenvalue weighted by Gasteiger charge is 2.16. The molecular formula is C8H10N2O2.